The van der Waals surface area contributed by atoms with Gasteiger partial charge in [-0.3, -0.25) is 4.79 Å². The quantitative estimate of drug-likeness (QED) is 0.746. The van der Waals surface area contributed by atoms with Gasteiger partial charge in [0.25, 0.3) is 0 Å². The van der Waals surface area contributed by atoms with Crippen LogP contribution in [0.4, 0.5) is 18.9 Å². The minimum absolute atomic E-state index is 0.204. The Morgan fingerprint density at radius 2 is 1.82 bits per heavy atom. The molecule has 17 heavy (non-hydrogen) atoms. The van der Waals surface area contributed by atoms with Gasteiger partial charge in [-0.1, -0.05) is 0 Å². The van der Waals surface area contributed by atoms with Crippen LogP contribution < -0.4 is 5.32 Å². The Morgan fingerprint density at radius 3 is 2.29 bits per heavy atom. The molecule has 1 aromatic rings. The fourth-order valence-corrected chi connectivity index (χ4v) is 1.20. The lowest BCUT2D eigenvalue weighted by Crippen LogP contribution is -2.22. The highest BCUT2D eigenvalue weighted by Crippen LogP contribution is 2.31. The van der Waals surface area contributed by atoms with Gasteiger partial charge in [0, 0.05) is 5.69 Å². The zero-order valence-electron chi connectivity index (χ0n) is 8.63. The molecule has 0 saturated carbocycles. The second-order valence-corrected chi connectivity index (χ2v) is 3.34. The highest BCUT2D eigenvalue weighted by atomic mass is 19.4. The summed E-state index contributed by atoms with van der Waals surface area (Å²) < 4.78 is 37.2. The van der Waals surface area contributed by atoms with E-state index in [1.165, 1.54) is 13.0 Å². The van der Waals surface area contributed by atoms with Gasteiger partial charge >= 0.3 is 18.1 Å². The first-order valence-electron chi connectivity index (χ1n) is 4.43. The summed E-state index contributed by atoms with van der Waals surface area (Å²) in [4.78, 5) is 21.0. The molecule has 0 radical (unpaired) electrons. The van der Waals surface area contributed by atoms with Crippen molar-refractivity contribution in [3.63, 3.8) is 0 Å². The van der Waals surface area contributed by atoms with E-state index in [4.69, 9.17) is 5.11 Å². The van der Waals surface area contributed by atoms with Gasteiger partial charge in [0.2, 0.25) is 0 Å². The fraction of sp³-hybridized carbons (Fsp3) is 0.200. The van der Waals surface area contributed by atoms with Gasteiger partial charge in [-0.2, -0.15) is 13.2 Å². The zero-order chi connectivity index (χ0) is 13.2. The number of carbonyl (C=O) groups is 2. The number of aliphatic carboxylic acids is 1. The molecule has 92 valence electrons. The van der Waals surface area contributed by atoms with Gasteiger partial charge in [0.15, 0.2) is 0 Å². The molecule has 1 aromatic carbocycles. The molecule has 0 aliphatic rings. The Hall–Kier alpha value is -2.05. The van der Waals surface area contributed by atoms with Crippen LogP contribution in [0.15, 0.2) is 18.2 Å². The van der Waals surface area contributed by atoms with Crippen LogP contribution in [0.25, 0.3) is 0 Å². The molecule has 0 aliphatic heterocycles. The van der Waals surface area contributed by atoms with Crippen LogP contribution in [0, 0.1) is 6.92 Å². The highest BCUT2D eigenvalue weighted by Gasteiger charge is 2.31. The molecule has 0 spiro atoms. The first-order chi connectivity index (χ1) is 7.70. The van der Waals surface area contributed by atoms with Crippen LogP contribution in [-0.2, 0) is 15.8 Å². The van der Waals surface area contributed by atoms with Crippen LogP contribution in [0.2, 0.25) is 0 Å². The van der Waals surface area contributed by atoms with E-state index in [-0.39, 0.29) is 11.3 Å². The Labute approximate surface area is 94.1 Å². The van der Waals surface area contributed by atoms with Crippen LogP contribution in [-0.4, -0.2) is 17.0 Å². The number of hydrogen-bond acceptors (Lipinski definition) is 2. The number of amides is 1. The molecule has 0 unspecified atom stereocenters. The molecular formula is C10H8F3NO3. The summed E-state index contributed by atoms with van der Waals surface area (Å²) in [5.41, 5.74) is -0.886. The predicted molar refractivity (Wildman–Crippen MR) is 52.4 cm³/mol. The van der Waals surface area contributed by atoms with E-state index in [0.717, 1.165) is 6.07 Å². The molecular weight excluding hydrogens is 239 g/mol. The summed E-state index contributed by atoms with van der Waals surface area (Å²) in [6.07, 6.45) is -4.55. The Kier molecular flexibility index (Phi) is 3.40. The van der Waals surface area contributed by atoms with Crippen molar-refractivity contribution in [3.05, 3.63) is 29.3 Å². The number of hydrogen-bond donors (Lipinski definition) is 2. The van der Waals surface area contributed by atoms with Crippen LogP contribution >= 0.6 is 0 Å². The van der Waals surface area contributed by atoms with E-state index in [2.05, 4.69) is 0 Å². The van der Waals surface area contributed by atoms with Crippen LogP contribution in [0.5, 0.6) is 0 Å². The van der Waals surface area contributed by atoms with E-state index in [0.29, 0.717) is 6.07 Å². The number of rotatable bonds is 1. The van der Waals surface area contributed by atoms with E-state index in [1.807, 2.05) is 5.32 Å². The van der Waals surface area contributed by atoms with E-state index >= 15 is 0 Å². The Balaban J connectivity index is 3.06. The third-order valence-electron chi connectivity index (χ3n) is 1.86. The number of nitrogens with one attached hydrogen (secondary N) is 1. The van der Waals surface area contributed by atoms with Gasteiger partial charge in [-0.05, 0) is 30.7 Å². The summed E-state index contributed by atoms with van der Waals surface area (Å²) in [6.45, 7) is 1.41. The van der Waals surface area contributed by atoms with E-state index in [9.17, 15) is 22.8 Å². The molecule has 0 aromatic heterocycles. The third kappa shape index (κ3) is 3.47. The maximum Gasteiger partial charge on any atom is 0.416 e. The highest BCUT2D eigenvalue weighted by molar-refractivity contribution is 6.36. The van der Waals surface area contributed by atoms with Crippen molar-refractivity contribution in [1.82, 2.24) is 0 Å². The first-order valence-corrected chi connectivity index (χ1v) is 4.43. The summed E-state index contributed by atoms with van der Waals surface area (Å²) in [5, 5.41) is 10.2. The lowest BCUT2D eigenvalue weighted by atomic mass is 10.1. The predicted octanol–water partition coefficient (Wildman–Crippen LogP) is 2.04. The number of alkyl halides is 3. The number of carbonyl (C=O) groups excluding carboxylic acids is 1. The Morgan fingerprint density at radius 1 is 1.24 bits per heavy atom. The van der Waals surface area contributed by atoms with Gasteiger partial charge in [-0.15, -0.1) is 0 Å². The molecule has 1 rings (SSSR count). The molecule has 0 heterocycles. The smallest absolute Gasteiger partial charge is 0.416 e. The van der Waals surface area contributed by atoms with Gasteiger partial charge < -0.3 is 10.4 Å². The third-order valence-corrected chi connectivity index (χ3v) is 1.86. The van der Waals surface area contributed by atoms with Crippen LogP contribution in [0.3, 0.4) is 0 Å². The van der Waals surface area contributed by atoms with Crippen molar-refractivity contribution < 1.29 is 27.9 Å². The molecule has 0 atom stereocenters. The second-order valence-electron chi connectivity index (χ2n) is 3.34. The summed E-state index contributed by atoms with van der Waals surface area (Å²) >= 11 is 0. The van der Waals surface area contributed by atoms with Crippen molar-refractivity contribution in [2.24, 2.45) is 0 Å². The molecule has 7 heteroatoms. The van der Waals surface area contributed by atoms with Crippen molar-refractivity contribution in [2.75, 3.05) is 5.32 Å². The van der Waals surface area contributed by atoms with Gasteiger partial charge in [0.05, 0.1) is 5.56 Å². The molecule has 0 aliphatic carbocycles. The van der Waals surface area contributed by atoms with Crippen molar-refractivity contribution in [2.45, 2.75) is 13.1 Å². The maximum atomic E-state index is 12.4. The number of carboxylic acid groups (broad SMARTS) is 1. The number of aryl methyl sites for hydroxylation is 1. The SMILES string of the molecule is Cc1cc(NC(=O)C(=O)O)cc(C(F)(F)F)c1. The number of benzene rings is 1. The monoisotopic (exact) mass is 247 g/mol. The minimum atomic E-state index is -4.55. The maximum absolute atomic E-state index is 12.4. The standard InChI is InChI=1S/C10H8F3NO3/c1-5-2-6(10(11,12)13)4-7(3-5)14-8(15)9(16)17/h2-4H,1H3,(H,14,15)(H,16,17). The molecule has 0 bridgehead atoms. The summed E-state index contributed by atoms with van der Waals surface area (Å²) in [5.74, 6) is -3.15. The topological polar surface area (TPSA) is 66.4 Å². The van der Waals surface area contributed by atoms with E-state index < -0.39 is 23.6 Å². The fourth-order valence-electron chi connectivity index (χ4n) is 1.20. The minimum Gasteiger partial charge on any atom is -0.474 e. The first kappa shape index (κ1) is 13.0. The van der Waals surface area contributed by atoms with Gasteiger partial charge in [-0.25, -0.2) is 4.79 Å². The second kappa shape index (κ2) is 4.44. The zero-order valence-corrected chi connectivity index (χ0v) is 8.63. The van der Waals surface area contributed by atoms with Crippen molar-refractivity contribution in [3.8, 4) is 0 Å². The lowest BCUT2D eigenvalue weighted by molar-refractivity contribution is -0.147. The summed E-state index contributed by atoms with van der Waals surface area (Å²) in [7, 11) is 0. The number of carboxylic acids is 1. The normalized spacial score (nSPS) is 11.1. The lowest BCUT2D eigenvalue weighted by Gasteiger charge is -2.10. The van der Waals surface area contributed by atoms with Crippen molar-refractivity contribution in [1.29, 1.82) is 0 Å². The molecule has 4 nitrogen and oxygen atoms in total. The molecule has 1 amide bonds. The average molecular weight is 247 g/mol. The largest absolute Gasteiger partial charge is 0.474 e. The van der Waals surface area contributed by atoms with E-state index in [1.54, 1.807) is 0 Å². The summed E-state index contributed by atoms with van der Waals surface area (Å²) in [6, 6.07) is 2.82. The van der Waals surface area contributed by atoms with Crippen molar-refractivity contribution >= 4 is 17.6 Å². The number of halogens is 3. The van der Waals surface area contributed by atoms with Gasteiger partial charge in [0.1, 0.15) is 0 Å². The average Bonchev–Trinajstić information content (AvgIpc) is 2.15. The molecule has 2 N–H and O–H groups in total. The van der Waals surface area contributed by atoms with Crippen LogP contribution in [0.1, 0.15) is 11.1 Å². The molecule has 0 saturated heterocycles. The number of anilines is 1. The Bertz CT molecular complexity index is 468. The molecule has 0 fully saturated rings.